The molecule has 0 bridgehead atoms. The van der Waals surface area contributed by atoms with Crippen LogP contribution in [0.3, 0.4) is 0 Å². The summed E-state index contributed by atoms with van der Waals surface area (Å²) in [6.07, 6.45) is 2.63. The Bertz CT molecular complexity index is 2070. The predicted molar refractivity (Wildman–Crippen MR) is 201 cm³/mol. The van der Waals surface area contributed by atoms with Gasteiger partial charge < -0.3 is 15.2 Å². The number of carboxylic acid groups (broad SMARTS) is 1. The SMILES string of the molecule is CC(C)(C)OC(=O)n1cc(C[C@H](N=C(c2ccccc2)c2ccccc2NC(=O)C2CCCN2Cc2ccccc2)C(=O)O)c2ccc(Cl)cc21. The molecule has 9 nitrogen and oxygen atoms in total. The van der Waals surface area contributed by atoms with Crippen molar-refractivity contribution in [2.24, 2.45) is 4.99 Å². The molecule has 10 heteroatoms. The molecule has 2 atom stereocenters. The van der Waals surface area contributed by atoms with E-state index < -0.39 is 23.7 Å². The third kappa shape index (κ3) is 8.56. The third-order valence-corrected chi connectivity index (χ3v) is 9.04. The van der Waals surface area contributed by atoms with Crippen molar-refractivity contribution in [1.29, 1.82) is 0 Å². The number of aliphatic imine (C=N–C) groups is 1. The highest BCUT2D eigenvalue weighted by molar-refractivity contribution is 6.31. The zero-order chi connectivity index (χ0) is 36.1. The summed E-state index contributed by atoms with van der Waals surface area (Å²) in [7, 11) is 0. The number of aliphatic carboxylic acids is 1. The first-order chi connectivity index (χ1) is 24.5. The molecule has 2 heterocycles. The maximum absolute atomic E-state index is 13.9. The molecule has 4 aromatic carbocycles. The van der Waals surface area contributed by atoms with Gasteiger partial charge in [-0.25, -0.2) is 9.59 Å². The normalized spacial score (nSPS) is 15.8. The molecule has 262 valence electrons. The molecule has 6 rings (SSSR count). The summed E-state index contributed by atoms with van der Waals surface area (Å²) in [6, 6.07) is 30.3. The number of halogens is 1. The Kier molecular flexibility index (Phi) is 10.7. The number of benzene rings is 4. The molecule has 0 radical (unpaired) electrons. The molecular weight excluding hydrogens is 664 g/mol. The minimum absolute atomic E-state index is 0.0232. The highest BCUT2D eigenvalue weighted by atomic mass is 35.5. The lowest BCUT2D eigenvalue weighted by atomic mass is 9.98. The van der Waals surface area contributed by atoms with Gasteiger partial charge in [0.05, 0.1) is 23.0 Å². The predicted octanol–water partition coefficient (Wildman–Crippen LogP) is 8.21. The zero-order valence-corrected chi connectivity index (χ0v) is 29.6. The maximum Gasteiger partial charge on any atom is 0.419 e. The second kappa shape index (κ2) is 15.3. The van der Waals surface area contributed by atoms with Crippen LogP contribution >= 0.6 is 11.6 Å². The van der Waals surface area contributed by atoms with Gasteiger partial charge in [0, 0.05) is 40.7 Å². The van der Waals surface area contributed by atoms with Crippen LogP contribution in [-0.2, 0) is 27.3 Å². The number of rotatable bonds is 10. The van der Waals surface area contributed by atoms with Crippen LogP contribution in [0.5, 0.6) is 0 Å². The molecule has 1 aliphatic heterocycles. The van der Waals surface area contributed by atoms with Crippen LogP contribution in [0.1, 0.15) is 55.9 Å². The number of para-hydroxylation sites is 1. The summed E-state index contributed by atoms with van der Waals surface area (Å²) in [5.41, 5.74) is 3.75. The molecule has 0 saturated carbocycles. The Hall–Kier alpha value is -5.25. The van der Waals surface area contributed by atoms with Crippen molar-refractivity contribution in [2.45, 2.75) is 64.3 Å². The lowest BCUT2D eigenvalue weighted by molar-refractivity contribution is -0.138. The van der Waals surface area contributed by atoms with Gasteiger partial charge in [0.25, 0.3) is 0 Å². The number of fused-ring (bicyclic) bond motifs is 1. The molecule has 1 amide bonds. The van der Waals surface area contributed by atoms with Crippen molar-refractivity contribution in [3.8, 4) is 0 Å². The van der Waals surface area contributed by atoms with E-state index in [2.05, 4.69) is 22.3 Å². The summed E-state index contributed by atoms with van der Waals surface area (Å²) >= 11 is 6.32. The average molecular weight is 705 g/mol. The molecular formula is C41H41ClN4O5. The highest BCUT2D eigenvalue weighted by Gasteiger charge is 2.32. The van der Waals surface area contributed by atoms with Gasteiger partial charge in [0.15, 0.2) is 6.04 Å². The molecule has 1 saturated heterocycles. The van der Waals surface area contributed by atoms with E-state index in [1.165, 1.54) is 4.57 Å². The topological polar surface area (TPSA) is 113 Å². The Balaban J connectivity index is 1.35. The molecule has 5 aromatic rings. The summed E-state index contributed by atoms with van der Waals surface area (Å²) < 4.78 is 6.99. The number of ether oxygens (including phenoxy) is 1. The Labute approximate surface area is 302 Å². The van der Waals surface area contributed by atoms with E-state index in [9.17, 15) is 19.5 Å². The largest absolute Gasteiger partial charge is 0.480 e. The van der Waals surface area contributed by atoms with Gasteiger partial charge in [-0.15, -0.1) is 0 Å². The smallest absolute Gasteiger partial charge is 0.419 e. The number of hydrogen-bond donors (Lipinski definition) is 2. The Morgan fingerprint density at radius 3 is 2.35 bits per heavy atom. The Morgan fingerprint density at radius 2 is 1.65 bits per heavy atom. The van der Waals surface area contributed by atoms with Gasteiger partial charge in [-0.3, -0.25) is 19.3 Å². The fraction of sp³-hybridized carbons (Fsp3) is 0.268. The summed E-state index contributed by atoms with van der Waals surface area (Å²) in [5, 5.41) is 14.8. The van der Waals surface area contributed by atoms with Crippen LogP contribution in [0.4, 0.5) is 10.5 Å². The first kappa shape index (κ1) is 35.6. The highest BCUT2D eigenvalue weighted by Crippen LogP contribution is 2.29. The molecule has 1 aliphatic rings. The van der Waals surface area contributed by atoms with Gasteiger partial charge in [0.1, 0.15) is 5.60 Å². The van der Waals surface area contributed by atoms with Gasteiger partial charge >= 0.3 is 12.1 Å². The summed E-state index contributed by atoms with van der Waals surface area (Å²) in [6.45, 7) is 6.83. The molecule has 1 aromatic heterocycles. The number of likely N-dealkylation sites (tertiary alicyclic amines) is 1. The molecule has 2 N–H and O–H groups in total. The molecule has 0 aliphatic carbocycles. The molecule has 51 heavy (non-hydrogen) atoms. The van der Waals surface area contributed by atoms with Crippen molar-refractivity contribution in [3.63, 3.8) is 0 Å². The molecule has 1 unspecified atom stereocenters. The van der Waals surface area contributed by atoms with Crippen LogP contribution in [0.25, 0.3) is 10.9 Å². The average Bonchev–Trinajstić information content (AvgIpc) is 3.71. The maximum atomic E-state index is 13.9. The number of carbonyl (C=O) groups excluding carboxylic acids is 2. The standard InChI is InChI=1S/C41H41ClN4O5/c1-41(2,3)51-40(50)46-26-29(31-21-20-30(42)24-36(31)46)23-34(39(48)49)43-37(28-15-8-5-9-16-28)32-17-10-11-18-33(32)44-38(47)35-19-12-22-45(35)25-27-13-6-4-7-14-27/h4-11,13-18,20-21,24,26,34-35H,12,19,22-23,25H2,1-3H3,(H,44,47)(H,48,49)/t34-,35?/m0/s1. The number of carbonyl (C=O) groups is 3. The summed E-state index contributed by atoms with van der Waals surface area (Å²) in [4.78, 5) is 47.1. The quantitative estimate of drug-likeness (QED) is 0.142. The van der Waals surface area contributed by atoms with Crippen molar-refractivity contribution >= 4 is 51.9 Å². The number of anilines is 1. The minimum Gasteiger partial charge on any atom is -0.480 e. The van der Waals surface area contributed by atoms with Crippen molar-refractivity contribution in [3.05, 3.63) is 137 Å². The number of carboxylic acids is 1. The van der Waals surface area contributed by atoms with Gasteiger partial charge in [-0.1, -0.05) is 96.5 Å². The zero-order valence-electron chi connectivity index (χ0n) is 28.9. The number of nitrogens with one attached hydrogen (secondary N) is 1. The second-order valence-corrected chi connectivity index (χ2v) is 14.2. The Morgan fingerprint density at radius 1 is 0.961 bits per heavy atom. The van der Waals surface area contributed by atoms with E-state index in [1.807, 2.05) is 72.8 Å². The van der Waals surface area contributed by atoms with Crippen LogP contribution in [0.2, 0.25) is 5.02 Å². The molecule has 0 spiro atoms. The number of nitrogens with zero attached hydrogens (tertiary/aromatic N) is 3. The van der Waals surface area contributed by atoms with Gasteiger partial charge in [0.2, 0.25) is 5.91 Å². The van der Waals surface area contributed by atoms with Crippen LogP contribution in [0.15, 0.2) is 114 Å². The van der Waals surface area contributed by atoms with E-state index >= 15 is 0 Å². The first-order valence-electron chi connectivity index (χ1n) is 17.0. The third-order valence-electron chi connectivity index (χ3n) is 8.81. The van der Waals surface area contributed by atoms with Crippen molar-refractivity contribution < 1.29 is 24.2 Å². The first-order valence-corrected chi connectivity index (χ1v) is 17.4. The number of amides is 1. The molecule has 1 fully saturated rings. The second-order valence-electron chi connectivity index (χ2n) is 13.7. The van der Waals surface area contributed by atoms with Gasteiger partial charge in [-0.2, -0.15) is 0 Å². The number of aromatic nitrogens is 1. The lowest BCUT2D eigenvalue weighted by Crippen LogP contribution is -2.39. The van der Waals surface area contributed by atoms with Crippen molar-refractivity contribution in [1.82, 2.24) is 9.47 Å². The van der Waals surface area contributed by atoms with E-state index in [0.717, 1.165) is 24.9 Å². The van der Waals surface area contributed by atoms with Crippen molar-refractivity contribution in [2.75, 3.05) is 11.9 Å². The lowest BCUT2D eigenvalue weighted by Gasteiger charge is -2.24. The van der Waals surface area contributed by atoms with Gasteiger partial charge in [-0.05, 0) is 69.5 Å². The van der Waals surface area contributed by atoms with Crippen LogP contribution < -0.4 is 5.32 Å². The minimum atomic E-state index is -1.24. The van der Waals surface area contributed by atoms with Crippen LogP contribution in [-0.4, -0.2) is 62.5 Å². The van der Waals surface area contributed by atoms with Crippen LogP contribution in [0, 0.1) is 0 Å². The number of hydrogen-bond acceptors (Lipinski definition) is 6. The fourth-order valence-corrected chi connectivity index (χ4v) is 6.65. The summed E-state index contributed by atoms with van der Waals surface area (Å²) in [5.74, 6) is -1.26. The van der Waals surface area contributed by atoms with E-state index in [-0.39, 0.29) is 18.4 Å². The van der Waals surface area contributed by atoms with E-state index in [4.69, 9.17) is 21.3 Å². The van der Waals surface area contributed by atoms with E-state index in [1.54, 1.807) is 45.2 Å². The monoisotopic (exact) mass is 704 g/mol. The van der Waals surface area contributed by atoms with E-state index in [0.29, 0.717) is 50.6 Å². The fourth-order valence-electron chi connectivity index (χ4n) is 6.49.